The van der Waals surface area contributed by atoms with Gasteiger partial charge in [-0.3, -0.25) is 4.57 Å². The van der Waals surface area contributed by atoms with Crippen molar-refractivity contribution in [3.05, 3.63) is 0 Å². The van der Waals surface area contributed by atoms with Crippen molar-refractivity contribution in [2.24, 2.45) is 11.3 Å². The molecule has 3 heteroatoms. The van der Waals surface area contributed by atoms with E-state index in [0.717, 1.165) is 0 Å². The summed E-state index contributed by atoms with van der Waals surface area (Å²) in [6.07, 6.45) is 5.94. The lowest BCUT2D eigenvalue weighted by Crippen LogP contribution is -2.34. The highest BCUT2D eigenvalue weighted by atomic mass is 31.2. The van der Waals surface area contributed by atoms with Crippen LogP contribution in [0.1, 0.15) is 13.8 Å². The van der Waals surface area contributed by atoms with Gasteiger partial charge in [0.25, 0.3) is 0 Å². The van der Waals surface area contributed by atoms with Crippen LogP contribution < -0.4 is 0 Å². The van der Waals surface area contributed by atoms with E-state index in [9.17, 15) is 4.57 Å². The van der Waals surface area contributed by atoms with E-state index >= 15 is 0 Å². The normalized spacial score (nSPS) is 40.3. The summed E-state index contributed by atoms with van der Waals surface area (Å²) in [5.74, 6) is 2.78. The van der Waals surface area contributed by atoms with Gasteiger partial charge in [0.15, 0.2) is 0 Å². The van der Waals surface area contributed by atoms with Crippen LogP contribution in [0.25, 0.3) is 0 Å². The van der Waals surface area contributed by atoms with Gasteiger partial charge < -0.3 is 4.52 Å². The Bertz CT molecular complexity index is 262. The minimum Gasteiger partial charge on any atom is -0.327 e. The zero-order valence-corrected chi connectivity index (χ0v) is 8.73. The molecule has 1 saturated heterocycles. The molecule has 2 unspecified atom stereocenters. The Morgan fingerprint density at radius 2 is 2.25 bits per heavy atom. The van der Waals surface area contributed by atoms with Crippen molar-refractivity contribution < 1.29 is 9.09 Å². The SMILES string of the molecule is C#CC1COP(C)(=O)CC1(C)C. The molecular formula is C9H15O2P. The number of terminal acetylenes is 1. The van der Waals surface area contributed by atoms with E-state index in [4.69, 9.17) is 10.9 Å². The van der Waals surface area contributed by atoms with Crippen LogP contribution in [0.3, 0.4) is 0 Å². The van der Waals surface area contributed by atoms with Gasteiger partial charge in [-0.1, -0.05) is 13.8 Å². The molecule has 0 aromatic heterocycles. The average molecular weight is 186 g/mol. The molecule has 0 bridgehead atoms. The molecule has 1 heterocycles. The molecule has 1 fully saturated rings. The van der Waals surface area contributed by atoms with Gasteiger partial charge in [0.1, 0.15) is 0 Å². The fourth-order valence-corrected chi connectivity index (χ4v) is 3.88. The summed E-state index contributed by atoms with van der Waals surface area (Å²) >= 11 is 0. The van der Waals surface area contributed by atoms with Gasteiger partial charge >= 0.3 is 0 Å². The summed E-state index contributed by atoms with van der Waals surface area (Å²) in [4.78, 5) is 0. The van der Waals surface area contributed by atoms with E-state index < -0.39 is 7.37 Å². The average Bonchev–Trinajstić information content (AvgIpc) is 1.83. The molecular weight excluding hydrogens is 171 g/mol. The summed E-state index contributed by atoms with van der Waals surface area (Å²) < 4.78 is 16.8. The van der Waals surface area contributed by atoms with Crippen molar-refractivity contribution in [3.63, 3.8) is 0 Å². The largest absolute Gasteiger partial charge is 0.327 e. The van der Waals surface area contributed by atoms with Gasteiger partial charge in [0.2, 0.25) is 7.37 Å². The molecule has 0 N–H and O–H groups in total. The molecule has 68 valence electrons. The maximum absolute atomic E-state index is 11.6. The molecule has 0 radical (unpaired) electrons. The van der Waals surface area contributed by atoms with Gasteiger partial charge in [-0.05, 0) is 5.41 Å². The molecule has 0 saturated carbocycles. The lowest BCUT2D eigenvalue weighted by Gasteiger charge is -2.38. The highest BCUT2D eigenvalue weighted by Gasteiger charge is 2.40. The highest BCUT2D eigenvalue weighted by Crippen LogP contribution is 2.54. The van der Waals surface area contributed by atoms with Gasteiger partial charge in [-0.25, -0.2) is 0 Å². The molecule has 0 amide bonds. The second-order valence-electron chi connectivity index (χ2n) is 4.18. The Hall–Kier alpha value is -0.250. The quantitative estimate of drug-likeness (QED) is 0.428. The fourth-order valence-electron chi connectivity index (χ4n) is 1.63. The Balaban J connectivity index is 2.83. The molecule has 2 atom stereocenters. The van der Waals surface area contributed by atoms with Crippen LogP contribution in [0.2, 0.25) is 0 Å². The van der Waals surface area contributed by atoms with Crippen LogP contribution >= 0.6 is 7.37 Å². The van der Waals surface area contributed by atoms with Crippen LogP contribution in [0, 0.1) is 23.7 Å². The van der Waals surface area contributed by atoms with Crippen molar-refractivity contribution in [3.8, 4) is 12.3 Å². The molecule has 1 aliphatic rings. The van der Waals surface area contributed by atoms with Crippen LogP contribution in [-0.4, -0.2) is 19.4 Å². The van der Waals surface area contributed by atoms with E-state index in [0.29, 0.717) is 12.8 Å². The molecule has 1 aliphatic heterocycles. The molecule has 0 aliphatic carbocycles. The molecule has 0 spiro atoms. The van der Waals surface area contributed by atoms with Crippen LogP contribution in [0.4, 0.5) is 0 Å². The minimum atomic E-state index is -2.35. The van der Waals surface area contributed by atoms with E-state index in [1.165, 1.54) is 0 Å². The zero-order valence-electron chi connectivity index (χ0n) is 7.83. The first-order valence-electron chi connectivity index (χ1n) is 4.05. The van der Waals surface area contributed by atoms with Gasteiger partial charge in [0, 0.05) is 18.7 Å². The van der Waals surface area contributed by atoms with Gasteiger partial charge in [0.05, 0.1) is 6.61 Å². The maximum atomic E-state index is 11.6. The van der Waals surface area contributed by atoms with E-state index in [2.05, 4.69) is 19.8 Å². The van der Waals surface area contributed by atoms with Gasteiger partial charge in [-0.15, -0.1) is 12.3 Å². The number of hydrogen-bond acceptors (Lipinski definition) is 2. The summed E-state index contributed by atoms with van der Waals surface area (Å²) in [5, 5.41) is 0. The Morgan fingerprint density at radius 1 is 1.67 bits per heavy atom. The predicted octanol–water partition coefficient (Wildman–Crippen LogP) is 2.20. The van der Waals surface area contributed by atoms with Gasteiger partial charge in [-0.2, -0.15) is 0 Å². The third-order valence-electron chi connectivity index (χ3n) is 2.35. The Labute approximate surface area is 74.1 Å². The van der Waals surface area contributed by atoms with Crippen LogP contribution in [0.15, 0.2) is 0 Å². The van der Waals surface area contributed by atoms with Crippen molar-refractivity contribution in [1.82, 2.24) is 0 Å². The Kier molecular flexibility index (Phi) is 2.38. The molecule has 2 nitrogen and oxygen atoms in total. The summed E-state index contributed by atoms with van der Waals surface area (Å²) in [6.45, 7) is 6.23. The van der Waals surface area contributed by atoms with Crippen molar-refractivity contribution in [1.29, 1.82) is 0 Å². The maximum Gasteiger partial charge on any atom is 0.200 e. The van der Waals surface area contributed by atoms with Crippen molar-refractivity contribution in [2.75, 3.05) is 19.4 Å². The van der Waals surface area contributed by atoms with Crippen LogP contribution in [-0.2, 0) is 9.09 Å². The van der Waals surface area contributed by atoms with E-state index in [-0.39, 0.29) is 11.3 Å². The Morgan fingerprint density at radius 3 is 2.67 bits per heavy atom. The number of hydrogen-bond donors (Lipinski definition) is 0. The second-order valence-corrected chi connectivity index (χ2v) is 6.78. The topological polar surface area (TPSA) is 26.3 Å². The second kappa shape index (κ2) is 2.91. The summed E-state index contributed by atoms with van der Waals surface area (Å²) in [5.41, 5.74) is -0.0444. The third-order valence-corrected chi connectivity index (χ3v) is 4.44. The predicted molar refractivity (Wildman–Crippen MR) is 50.5 cm³/mol. The smallest absolute Gasteiger partial charge is 0.200 e. The lowest BCUT2D eigenvalue weighted by atomic mass is 9.81. The van der Waals surface area contributed by atoms with E-state index in [1.807, 2.05) is 0 Å². The minimum absolute atomic E-state index is 0.0444. The number of rotatable bonds is 0. The first kappa shape index (κ1) is 9.84. The molecule has 0 aromatic carbocycles. The van der Waals surface area contributed by atoms with Crippen molar-refractivity contribution in [2.45, 2.75) is 13.8 Å². The van der Waals surface area contributed by atoms with Crippen molar-refractivity contribution >= 4 is 7.37 Å². The van der Waals surface area contributed by atoms with Crippen LogP contribution in [0.5, 0.6) is 0 Å². The lowest BCUT2D eigenvalue weighted by molar-refractivity contribution is 0.158. The van der Waals surface area contributed by atoms with E-state index in [1.54, 1.807) is 6.66 Å². The standard InChI is InChI=1S/C9H15O2P/c1-5-8-6-11-12(4,10)7-9(8,2)3/h1,8H,6-7H2,2-4H3. The molecule has 0 aromatic rings. The first-order valence-corrected chi connectivity index (χ1v) is 6.30. The fraction of sp³-hybridized carbons (Fsp3) is 0.778. The third kappa shape index (κ3) is 1.91. The summed E-state index contributed by atoms with van der Waals surface area (Å²) in [6, 6.07) is 0. The monoisotopic (exact) mass is 186 g/mol. The zero-order chi connectivity index (χ0) is 9.41. The molecule has 12 heavy (non-hydrogen) atoms. The first-order chi connectivity index (χ1) is 5.37. The molecule has 1 rings (SSSR count). The summed E-state index contributed by atoms with van der Waals surface area (Å²) in [7, 11) is -2.35. The highest BCUT2D eigenvalue weighted by molar-refractivity contribution is 7.58.